The van der Waals surface area contributed by atoms with Gasteiger partial charge in [0.2, 0.25) is 5.91 Å². The summed E-state index contributed by atoms with van der Waals surface area (Å²) in [5, 5.41) is 6.27. The summed E-state index contributed by atoms with van der Waals surface area (Å²) in [4.78, 5) is 38.9. The molecule has 3 N–H and O–H groups in total. The Labute approximate surface area is 206 Å². The number of ether oxygens (including phenoxy) is 1. The van der Waals surface area contributed by atoms with E-state index in [0.717, 1.165) is 24.8 Å². The molecule has 0 bridgehead atoms. The maximum absolute atomic E-state index is 13.0. The zero-order valence-electron chi connectivity index (χ0n) is 20.6. The van der Waals surface area contributed by atoms with Gasteiger partial charge in [0.05, 0.1) is 24.1 Å². The molecule has 0 spiro atoms. The van der Waals surface area contributed by atoms with E-state index in [1.165, 1.54) is 18.3 Å². The summed E-state index contributed by atoms with van der Waals surface area (Å²) in [6.07, 6.45) is 8.95. The molecule has 188 valence electrons. The van der Waals surface area contributed by atoms with Crippen LogP contribution in [0.4, 0.5) is 5.82 Å². The van der Waals surface area contributed by atoms with Crippen molar-refractivity contribution < 1.29 is 19.2 Å². The zero-order valence-corrected chi connectivity index (χ0v) is 20.6. The van der Waals surface area contributed by atoms with Gasteiger partial charge in [-0.05, 0) is 43.7 Å². The number of rotatable bonds is 11. The average molecular weight is 482 g/mol. The first kappa shape index (κ1) is 26.3. The minimum atomic E-state index is -0.457. The zero-order chi connectivity index (χ0) is 25.0. The van der Waals surface area contributed by atoms with Gasteiger partial charge in [-0.25, -0.2) is 15.3 Å². The van der Waals surface area contributed by atoms with E-state index in [0.29, 0.717) is 30.5 Å². The Balaban J connectivity index is 1.53. The van der Waals surface area contributed by atoms with Crippen molar-refractivity contribution in [2.45, 2.75) is 64.8 Å². The number of hydroxylamine groups is 1. The summed E-state index contributed by atoms with van der Waals surface area (Å²) in [5.41, 5.74) is 3.91. The van der Waals surface area contributed by atoms with Gasteiger partial charge in [0.1, 0.15) is 11.9 Å². The van der Waals surface area contributed by atoms with Gasteiger partial charge >= 0.3 is 0 Å². The van der Waals surface area contributed by atoms with Gasteiger partial charge in [0.25, 0.3) is 5.91 Å². The summed E-state index contributed by atoms with van der Waals surface area (Å²) < 4.78 is 5.40. The number of aromatic nitrogens is 2. The molecule has 1 aliphatic rings. The molecule has 9 heteroatoms. The van der Waals surface area contributed by atoms with Crippen LogP contribution in [0.2, 0.25) is 0 Å². The van der Waals surface area contributed by atoms with E-state index in [9.17, 15) is 9.59 Å². The molecule has 1 saturated heterocycles. The molecule has 0 saturated carbocycles. The van der Waals surface area contributed by atoms with Crippen LogP contribution < -0.4 is 16.1 Å². The Morgan fingerprint density at radius 1 is 1.14 bits per heavy atom. The van der Waals surface area contributed by atoms with Gasteiger partial charge in [-0.3, -0.25) is 14.6 Å². The van der Waals surface area contributed by atoms with Gasteiger partial charge in [-0.15, -0.1) is 0 Å². The Morgan fingerprint density at radius 2 is 1.94 bits per heavy atom. The second kappa shape index (κ2) is 13.6. The minimum Gasteiger partial charge on any atom is -0.357 e. The van der Waals surface area contributed by atoms with E-state index in [1.54, 1.807) is 6.20 Å². The molecule has 1 unspecified atom stereocenters. The highest BCUT2D eigenvalue weighted by atomic mass is 16.8. The van der Waals surface area contributed by atoms with Crippen LogP contribution in [-0.2, 0) is 19.2 Å². The van der Waals surface area contributed by atoms with Crippen molar-refractivity contribution in [3.8, 4) is 0 Å². The highest BCUT2D eigenvalue weighted by Gasteiger charge is 2.22. The molecule has 9 nitrogen and oxygen atoms in total. The normalized spacial score (nSPS) is 17.7. The van der Waals surface area contributed by atoms with Gasteiger partial charge in [0.15, 0.2) is 6.29 Å². The third kappa shape index (κ3) is 9.11. The first-order valence-electron chi connectivity index (χ1n) is 12.1. The molecule has 0 aliphatic carbocycles. The molecule has 0 radical (unpaired) electrons. The number of nitrogens with one attached hydrogen (secondary N) is 3. The van der Waals surface area contributed by atoms with Crippen molar-refractivity contribution in [1.82, 2.24) is 20.8 Å². The van der Waals surface area contributed by atoms with Gasteiger partial charge in [0, 0.05) is 19.1 Å². The van der Waals surface area contributed by atoms with E-state index in [2.05, 4.69) is 39.9 Å². The molecule has 3 atom stereocenters. The molecule has 2 aromatic rings. The van der Waals surface area contributed by atoms with Crippen LogP contribution in [0.3, 0.4) is 0 Å². The number of anilines is 1. The highest BCUT2D eigenvalue weighted by Crippen LogP contribution is 2.16. The largest absolute Gasteiger partial charge is 0.357 e. The van der Waals surface area contributed by atoms with E-state index in [4.69, 9.17) is 9.57 Å². The summed E-state index contributed by atoms with van der Waals surface area (Å²) >= 11 is 0. The molecule has 1 aromatic heterocycles. The monoisotopic (exact) mass is 481 g/mol. The van der Waals surface area contributed by atoms with Crippen LogP contribution >= 0.6 is 0 Å². The van der Waals surface area contributed by atoms with Crippen LogP contribution in [0.1, 0.15) is 63.8 Å². The van der Waals surface area contributed by atoms with E-state index < -0.39 is 18.2 Å². The fourth-order valence-corrected chi connectivity index (χ4v) is 3.64. The van der Waals surface area contributed by atoms with Crippen molar-refractivity contribution in [3.63, 3.8) is 0 Å². The molecule has 3 rings (SSSR count). The second-order valence-corrected chi connectivity index (χ2v) is 9.01. The van der Waals surface area contributed by atoms with Crippen LogP contribution in [-0.4, -0.2) is 40.7 Å². The summed E-state index contributed by atoms with van der Waals surface area (Å²) in [6.45, 7) is 6.73. The first-order valence-corrected chi connectivity index (χ1v) is 12.1. The number of hydrogen-bond donors (Lipinski definition) is 3. The third-order valence-electron chi connectivity index (χ3n) is 5.51. The number of hydrogen-bond acceptors (Lipinski definition) is 7. The smallest absolute Gasteiger partial charge is 0.267 e. The second-order valence-electron chi connectivity index (χ2n) is 9.01. The Hall–Kier alpha value is -3.30. The third-order valence-corrected chi connectivity index (χ3v) is 5.51. The summed E-state index contributed by atoms with van der Waals surface area (Å²) in [6, 6.07) is 9.27. The number of benzene rings is 1. The quantitative estimate of drug-likeness (QED) is 0.331. The van der Waals surface area contributed by atoms with Crippen LogP contribution in [0.5, 0.6) is 0 Å². The maximum Gasteiger partial charge on any atom is 0.267 e. The van der Waals surface area contributed by atoms with Crippen molar-refractivity contribution in [1.29, 1.82) is 0 Å². The Kier molecular flexibility index (Phi) is 10.2. The molecule has 2 heterocycles. The van der Waals surface area contributed by atoms with Gasteiger partial charge in [-0.2, -0.15) is 0 Å². The minimum absolute atomic E-state index is 0.0977. The number of carbonyl (C=O) groups excluding carboxylic acids is 2. The molecule has 1 aromatic carbocycles. The highest BCUT2D eigenvalue weighted by molar-refractivity contribution is 5.90. The lowest BCUT2D eigenvalue weighted by Gasteiger charge is -2.23. The van der Waals surface area contributed by atoms with Gasteiger partial charge < -0.3 is 15.4 Å². The van der Waals surface area contributed by atoms with E-state index in [-0.39, 0.29) is 11.9 Å². The first-order chi connectivity index (χ1) is 16.9. The van der Waals surface area contributed by atoms with Crippen LogP contribution in [0.25, 0.3) is 6.08 Å². The van der Waals surface area contributed by atoms with Crippen LogP contribution in [0.15, 0.2) is 48.8 Å². The van der Waals surface area contributed by atoms with Crippen LogP contribution in [0, 0.1) is 5.92 Å². The molecule has 35 heavy (non-hydrogen) atoms. The van der Waals surface area contributed by atoms with E-state index in [1.807, 2.05) is 37.3 Å². The van der Waals surface area contributed by atoms with Gasteiger partial charge in [-0.1, -0.05) is 44.2 Å². The molecular formula is C26H35N5O4. The average Bonchev–Trinajstić information content (AvgIpc) is 2.87. The SMILES string of the molecule is CC(C)C[C@@H](Nc1cnc(/C=C/C(=O)NOC2CCCCO2)cn1)C(=O)N[C@@H](C)c1ccccc1. The van der Waals surface area contributed by atoms with Crippen molar-refractivity contribution in [2.24, 2.45) is 5.92 Å². The van der Waals surface area contributed by atoms with Crippen molar-refractivity contribution >= 4 is 23.7 Å². The topological polar surface area (TPSA) is 114 Å². The molecule has 1 fully saturated rings. The molecule has 1 aliphatic heterocycles. The summed E-state index contributed by atoms with van der Waals surface area (Å²) in [5.74, 6) is 0.279. The standard InChI is InChI=1S/C26H35N5O4/c1-18(2)15-22(26(33)29-19(3)20-9-5-4-6-10-20)30-23-17-27-21(16-28-23)12-13-24(32)31-35-25-11-7-8-14-34-25/h4-6,9-10,12-13,16-19,22,25H,7-8,11,14-15H2,1-3H3,(H,28,30)(H,29,33)(H,31,32)/b13-12+/t19-,22+,25?/m0/s1. The van der Waals surface area contributed by atoms with Crippen molar-refractivity contribution in [3.05, 3.63) is 60.1 Å². The maximum atomic E-state index is 13.0. The molecular weight excluding hydrogens is 446 g/mol. The lowest BCUT2D eigenvalue weighted by atomic mass is 10.0. The van der Waals surface area contributed by atoms with Crippen molar-refractivity contribution in [2.75, 3.05) is 11.9 Å². The Bertz CT molecular complexity index is 959. The predicted molar refractivity (Wildman–Crippen MR) is 134 cm³/mol. The fourth-order valence-electron chi connectivity index (χ4n) is 3.64. The number of amides is 2. The number of nitrogens with zero attached hydrogens (tertiary/aromatic N) is 2. The van der Waals surface area contributed by atoms with E-state index >= 15 is 0 Å². The lowest BCUT2D eigenvalue weighted by molar-refractivity contribution is -0.198. The lowest BCUT2D eigenvalue weighted by Crippen LogP contribution is -2.41. The summed E-state index contributed by atoms with van der Waals surface area (Å²) in [7, 11) is 0. The Morgan fingerprint density at radius 3 is 2.60 bits per heavy atom. The molecule has 2 amide bonds. The predicted octanol–water partition coefficient (Wildman–Crippen LogP) is 3.77. The fraction of sp³-hybridized carbons (Fsp3) is 0.462. The number of carbonyl (C=O) groups is 2.